The third-order valence-corrected chi connectivity index (χ3v) is 2.57. The summed E-state index contributed by atoms with van der Waals surface area (Å²) in [4.78, 5) is 2.14. The summed E-state index contributed by atoms with van der Waals surface area (Å²) in [5.74, 6) is 3.66. The Labute approximate surface area is 101 Å². The lowest BCUT2D eigenvalue weighted by Crippen LogP contribution is -2.16. The molecule has 0 bridgehead atoms. The smallest absolute Gasteiger partial charge is 0.118 e. The Morgan fingerprint density at radius 2 is 1.59 bits per heavy atom. The van der Waals surface area contributed by atoms with E-state index in [1.54, 1.807) is 0 Å². The molecule has 0 fully saturated rings. The van der Waals surface area contributed by atoms with Crippen LogP contribution < -0.4 is 5.73 Å². The first-order chi connectivity index (χ1) is 8.17. The van der Waals surface area contributed by atoms with Crippen molar-refractivity contribution < 1.29 is 8.83 Å². The minimum Gasteiger partial charge on any atom is -0.465 e. The minimum atomic E-state index is 0.446. The third kappa shape index (κ3) is 3.22. The third-order valence-electron chi connectivity index (χ3n) is 2.57. The topological polar surface area (TPSA) is 55.5 Å². The van der Waals surface area contributed by atoms with Gasteiger partial charge < -0.3 is 14.6 Å². The van der Waals surface area contributed by atoms with Crippen molar-refractivity contribution in [2.24, 2.45) is 5.73 Å². The molecular weight excluding hydrogens is 216 g/mol. The number of aryl methyl sites for hydroxylation is 1. The van der Waals surface area contributed by atoms with E-state index in [1.807, 2.05) is 38.2 Å². The van der Waals surface area contributed by atoms with Gasteiger partial charge in [-0.05, 0) is 38.2 Å². The highest BCUT2D eigenvalue weighted by Gasteiger charge is 2.07. The van der Waals surface area contributed by atoms with Crippen LogP contribution in [0.3, 0.4) is 0 Å². The molecule has 17 heavy (non-hydrogen) atoms. The van der Waals surface area contributed by atoms with E-state index in [1.165, 1.54) is 0 Å². The van der Waals surface area contributed by atoms with Crippen LogP contribution >= 0.6 is 0 Å². The summed E-state index contributed by atoms with van der Waals surface area (Å²) in [6.07, 6.45) is 0. The second-order valence-electron chi connectivity index (χ2n) is 4.26. The van der Waals surface area contributed by atoms with Gasteiger partial charge in [-0.15, -0.1) is 0 Å². The molecule has 2 aromatic heterocycles. The van der Waals surface area contributed by atoms with Crippen LogP contribution in [0.1, 0.15) is 23.0 Å². The highest BCUT2D eigenvalue weighted by Crippen LogP contribution is 2.13. The molecule has 2 rings (SSSR count). The Morgan fingerprint density at radius 1 is 1.00 bits per heavy atom. The Hall–Kier alpha value is -1.52. The van der Waals surface area contributed by atoms with Gasteiger partial charge in [0.05, 0.1) is 19.6 Å². The lowest BCUT2D eigenvalue weighted by atomic mass is 10.3. The molecule has 0 atom stereocenters. The number of hydrogen-bond donors (Lipinski definition) is 1. The van der Waals surface area contributed by atoms with Gasteiger partial charge in [0.25, 0.3) is 0 Å². The number of nitrogens with two attached hydrogens (primary N) is 1. The van der Waals surface area contributed by atoms with Crippen molar-refractivity contribution in [2.45, 2.75) is 26.6 Å². The molecule has 0 saturated carbocycles. The number of furan rings is 2. The molecule has 0 aromatic carbocycles. The fraction of sp³-hybridized carbons (Fsp3) is 0.385. The molecule has 2 N–H and O–H groups in total. The zero-order valence-corrected chi connectivity index (χ0v) is 10.3. The van der Waals surface area contributed by atoms with Crippen LogP contribution in [0, 0.1) is 6.92 Å². The fourth-order valence-corrected chi connectivity index (χ4v) is 1.78. The van der Waals surface area contributed by atoms with Crippen LogP contribution in [0.15, 0.2) is 33.1 Å². The molecule has 0 aliphatic carbocycles. The van der Waals surface area contributed by atoms with E-state index in [0.717, 1.165) is 36.1 Å². The lowest BCUT2D eigenvalue weighted by molar-refractivity contribution is 0.260. The quantitative estimate of drug-likeness (QED) is 0.862. The minimum absolute atomic E-state index is 0.446. The van der Waals surface area contributed by atoms with Gasteiger partial charge in [-0.2, -0.15) is 0 Å². The maximum atomic E-state index is 5.55. The Morgan fingerprint density at radius 3 is 2.12 bits per heavy atom. The lowest BCUT2D eigenvalue weighted by Gasteiger charge is -2.13. The van der Waals surface area contributed by atoms with Gasteiger partial charge in [0.1, 0.15) is 23.0 Å². The molecule has 2 heterocycles. The Bertz CT molecular complexity index is 473. The predicted octanol–water partition coefficient (Wildman–Crippen LogP) is 2.27. The largest absolute Gasteiger partial charge is 0.465 e. The van der Waals surface area contributed by atoms with E-state index in [0.29, 0.717) is 6.54 Å². The molecule has 4 heteroatoms. The van der Waals surface area contributed by atoms with Crippen molar-refractivity contribution in [3.8, 4) is 0 Å². The summed E-state index contributed by atoms with van der Waals surface area (Å²) in [7, 11) is 2.03. The molecule has 4 nitrogen and oxygen atoms in total. The van der Waals surface area contributed by atoms with E-state index in [4.69, 9.17) is 14.6 Å². The van der Waals surface area contributed by atoms with Crippen LogP contribution in [-0.2, 0) is 19.6 Å². The van der Waals surface area contributed by atoms with E-state index >= 15 is 0 Å². The molecule has 0 unspecified atom stereocenters. The predicted molar refractivity (Wildman–Crippen MR) is 65.2 cm³/mol. The van der Waals surface area contributed by atoms with Crippen LogP contribution in [-0.4, -0.2) is 11.9 Å². The van der Waals surface area contributed by atoms with Gasteiger partial charge in [-0.25, -0.2) is 0 Å². The van der Waals surface area contributed by atoms with Gasteiger partial charge in [0.2, 0.25) is 0 Å². The maximum absolute atomic E-state index is 5.55. The first-order valence-electron chi connectivity index (χ1n) is 5.69. The summed E-state index contributed by atoms with van der Waals surface area (Å²) in [6, 6.07) is 7.86. The Kier molecular flexibility index (Phi) is 3.66. The highest BCUT2D eigenvalue weighted by atomic mass is 16.3. The zero-order valence-electron chi connectivity index (χ0n) is 10.3. The van der Waals surface area contributed by atoms with Gasteiger partial charge in [0, 0.05) is 0 Å². The van der Waals surface area contributed by atoms with Gasteiger partial charge in [-0.3, -0.25) is 4.90 Å². The fourth-order valence-electron chi connectivity index (χ4n) is 1.78. The molecule has 0 aliphatic heterocycles. The molecule has 92 valence electrons. The van der Waals surface area contributed by atoms with Crippen LogP contribution in [0.25, 0.3) is 0 Å². The zero-order chi connectivity index (χ0) is 12.3. The molecule has 0 saturated heterocycles. The van der Waals surface area contributed by atoms with Crippen LogP contribution in [0.2, 0.25) is 0 Å². The van der Waals surface area contributed by atoms with Gasteiger partial charge in [0.15, 0.2) is 0 Å². The maximum Gasteiger partial charge on any atom is 0.118 e. The molecule has 0 radical (unpaired) electrons. The van der Waals surface area contributed by atoms with Crippen LogP contribution in [0.4, 0.5) is 0 Å². The van der Waals surface area contributed by atoms with Crippen LogP contribution in [0.5, 0.6) is 0 Å². The van der Waals surface area contributed by atoms with E-state index in [-0.39, 0.29) is 0 Å². The van der Waals surface area contributed by atoms with Crippen molar-refractivity contribution in [2.75, 3.05) is 7.05 Å². The standard InChI is InChI=1S/C13H18N2O2/c1-10-3-4-12(16-10)8-15(2)9-13-6-5-11(7-14)17-13/h3-6H,7-9,14H2,1-2H3. The number of hydrogen-bond acceptors (Lipinski definition) is 4. The van der Waals surface area contributed by atoms with E-state index in [9.17, 15) is 0 Å². The summed E-state index contributed by atoms with van der Waals surface area (Å²) >= 11 is 0. The Balaban J connectivity index is 1.90. The summed E-state index contributed by atoms with van der Waals surface area (Å²) in [5.41, 5.74) is 5.50. The molecule has 0 spiro atoms. The number of nitrogens with zero attached hydrogens (tertiary/aromatic N) is 1. The molecule has 0 amide bonds. The van der Waals surface area contributed by atoms with Crippen molar-refractivity contribution in [3.05, 3.63) is 47.3 Å². The first kappa shape index (κ1) is 12.0. The van der Waals surface area contributed by atoms with Crippen molar-refractivity contribution in [3.63, 3.8) is 0 Å². The second-order valence-corrected chi connectivity index (χ2v) is 4.26. The summed E-state index contributed by atoms with van der Waals surface area (Å²) in [5, 5.41) is 0. The molecule has 2 aromatic rings. The van der Waals surface area contributed by atoms with Crippen molar-refractivity contribution in [1.29, 1.82) is 0 Å². The SMILES string of the molecule is Cc1ccc(CN(C)Cc2ccc(CN)o2)o1. The second kappa shape index (κ2) is 5.21. The first-order valence-corrected chi connectivity index (χ1v) is 5.69. The monoisotopic (exact) mass is 234 g/mol. The normalized spacial score (nSPS) is 11.3. The molecule has 0 aliphatic rings. The molecular formula is C13H18N2O2. The van der Waals surface area contributed by atoms with E-state index < -0.39 is 0 Å². The summed E-state index contributed by atoms with van der Waals surface area (Å²) < 4.78 is 11.1. The van der Waals surface area contributed by atoms with Gasteiger partial charge >= 0.3 is 0 Å². The highest BCUT2D eigenvalue weighted by molar-refractivity contribution is 5.08. The van der Waals surface area contributed by atoms with Crippen molar-refractivity contribution >= 4 is 0 Å². The van der Waals surface area contributed by atoms with Gasteiger partial charge in [-0.1, -0.05) is 0 Å². The summed E-state index contributed by atoms with van der Waals surface area (Å²) in [6.45, 7) is 3.91. The average Bonchev–Trinajstić information content (AvgIpc) is 2.88. The number of rotatable bonds is 5. The average molecular weight is 234 g/mol. The van der Waals surface area contributed by atoms with Crippen molar-refractivity contribution in [1.82, 2.24) is 4.90 Å². The van der Waals surface area contributed by atoms with E-state index in [2.05, 4.69) is 4.90 Å².